The third-order valence-corrected chi connectivity index (χ3v) is 15.8. The number of halogens is 4. The van der Waals surface area contributed by atoms with E-state index in [1.165, 1.54) is 18.2 Å². The van der Waals surface area contributed by atoms with Gasteiger partial charge in [0, 0.05) is 9.40 Å². The van der Waals surface area contributed by atoms with Crippen LogP contribution in [0.25, 0.3) is 20.2 Å². The molecule has 0 aliphatic carbocycles. The van der Waals surface area contributed by atoms with Gasteiger partial charge in [-0.1, -0.05) is 101 Å². The molecule has 2 amide bonds. The van der Waals surface area contributed by atoms with Gasteiger partial charge in [0.2, 0.25) is 12.8 Å². The number of benzene rings is 5. The zero-order valence-corrected chi connectivity index (χ0v) is 38.1. The van der Waals surface area contributed by atoms with Gasteiger partial charge in [0.05, 0.1) is 55.2 Å². The number of sulfone groups is 2. The highest BCUT2D eigenvalue weighted by molar-refractivity contribution is 7.90. The second-order valence-corrected chi connectivity index (χ2v) is 21.5. The predicted octanol–water partition coefficient (Wildman–Crippen LogP) is 11.2. The Labute approximate surface area is 381 Å². The van der Waals surface area contributed by atoms with Crippen LogP contribution in [0.2, 0.25) is 20.1 Å². The number of fused-ring (bicyclic) bond motifs is 2. The van der Waals surface area contributed by atoms with Gasteiger partial charge in [-0.25, -0.2) is 27.0 Å². The maximum absolute atomic E-state index is 13.2. The highest BCUT2D eigenvalue weighted by atomic mass is 35.5. The van der Waals surface area contributed by atoms with E-state index in [-0.39, 0.29) is 40.3 Å². The summed E-state index contributed by atoms with van der Waals surface area (Å²) < 4.78 is 54.1. The van der Waals surface area contributed by atoms with Crippen LogP contribution in [0, 0.1) is 0 Å². The second-order valence-electron chi connectivity index (χ2n) is 13.8. The summed E-state index contributed by atoms with van der Waals surface area (Å²) in [6, 6.07) is 31.5. The first kappa shape index (κ1) is 46.4. The molecule has 7 rings (SSSR count). The molecule has 0 aliphatic rings. The SMILES string of the molecule is O=CN(O)C(CS(=O)(=O)Cc1ccc2sccc2c1)c1ccc(Cl)c(Cl)c1.O=CN(OCc1ccccc1)C(CS(=O)(=O)Cc1ccc2sccc2c1)c1ccc(Cl)c(Cl)c1. The Balaban J connectivity index is 0.000000210. The Morgan fingerprint density at radius 1 is 0.574 bits per heavy atom. The van der Waals surface area contributed by atoms with E-state index < -0.39 is 37.5 Å². The lowest BCUT2D eigenvalue weighted by molar-refractivity contribution is -0.191. The predicted molar refractivity (Wildman–Crippen MR) is 246 cm³/mol. The maximum Gasteiger partial charge on any atom is 0.233 e. The van der Waals surface area contributed by atoms with E-state index in [0.717, 1.165) is 30.8 Å². The van der Waals surface area contributed by atoms with Crippen LogP contribution in [0.5, 0.6) is 0 Å². The number of hydrogen-bond acceptors (Lipinski definition) is 10. The first-order valence-electron chi connectivity index (χ1n) is 18.2. The zero-order valence-electron chi connectivity index (χ0n) is 31.8. The fourth-order valence-electron chi connectivity index (χ4n) is 6.39. The molecule has 7 aromatic rings. The molecule has 0 saturated heterocycles. The fraction of sp³-hybridized carbons (Fsp3) is 0.163. The zero-order chi connectivity index (χ0) is 43.7. The van der Waals surface area contributed by atoms with Crippen molar-refractivity contribution >= 4 is 122 Å². The second kappa shape index (κ2) is 20.9. The lowest BCUT2D eigenvalue weighted by atomic mass is 10.1. The molecule has 2 unspecified atom stereocenters. The van der Waals surface area contributed by atoms with Gasteiger partial charge in [0.15, 0.2) is 19.7 Å². The largest absolute Gasteiger partial charge is 0.285 e. The Kier molecular flexibility index (Phi) is 15.9. The van der Waals surface area contributed by atoms with E-state index in [2.05, 4.69) is 0 Å². The molecule has 0 aliphatic heterocycles. The van der Waals surface area contributed by atoms with Crippen LogP contribution < -0.4 is 0 Å². The normalized spacial score (nSPS) is 12.7. The van der Waals surface area contributed by atoms with Gasteiger partial charge >= 0.3 is 0 Å². The van der Waals surface area contributed by atoms with Crippen LogP contribution in [-0.2, 0) is 52.2 Å². The van der Waals surface area contributed by atoms with E-state index in [1.54, 1.807) is 46.9 Å². The van der Waals surface area contributed by atoms with E-state index in [1.807, 2.05) is 83.6 Å². The molecule has 0 bridgehead atoms. The summed E-state index contributed by atoms with van der Waals surface area (Å²) in [5, 5.41) is 18.2. The molecular weight excluding hydrogens is 943 g/mol. The number of carbonyl (C=O) groups is 2. The first-order chi connectivity index (χ1) is 29.1. The van der Waals surface area contributed by atoms with Gasteiger partial charge in [-0.15, -0.1) is 22.7 Å². The highest BCUT2D eigenvalue weighted by Gasteiger charge is 2.29. The van der Waals surface area contributed by atoms with Crippen molar-refractivity contribution in [3.05, 3.63) is 174 Å². The summed E-state index contributed by atoms with van der Waals surface area (Å²) in [5.74, 6) is -1.17. The molecule has 5 aromatic carbocycles. The number of thiophene rings is 2. The summed E-state index contributed by atoms with van der Waals surface area (Å²) in [7, 11) is -7.29. The van der Waals surface area contributed by atoms with Crippen LogP contribution in [0.4, 0.5) is 0 Å². The van der Waals surface area contributed by atoms with Gasteiger partial charge in [-0.05, 0) is 110 Å². The van der Waals surface area contributed by atoms with Crippen LogP contribution in [-0.4, -0.2) is 56.5 Å². The molecule has 0 radical (unpaired) electrons. The fourth-order valence-corrected chi connectivity index (χ4v) is 11.8. The minimum Gasteiger partial charge on any atom is -0.285 e. The van der Waals surface area contributed by atoms with Crippen molar-refractivity contribution in [3.63, 3.8) is 0 Å². The molecule has 10 nitrogen and oxygen atoms in total. The standard InChI is InChI=1S/C25H21Cl2NO4S2.C18H15Cl2NO4S2/c26-22-8-7-20(13-23(22)27)24(28(17-29)32-14-18-4-2-1-3-5-18)16-34(30,31)15-19-6-9-25-21(12-19)10-11-33-25;19-15-3-2-13(8-16(15)20)17(21(23)11-22)10-27(24,25)9-12-1-4-18-14(7-12)5-6-26-18/h1-13,17,24H,14-16H2;1-8,11,17,23H,9-10H2. The summed E-state index contributed by atoms with van der Waals surface area (Å²) in [6.07, 6.45) is 0.656. The van der Waals surface area contributed by atoms with Gasteiger partial charge in [-0.2, -0.15) is 0 Å². The van der Waals surface area contributed by atoms with Crippen LogP contribution in [0.1, 0.15) is 39.9 Å². The van der Waals surface area contributed by atoms with Gasteiger partial charge in [-0.3, -0.25) is 19.6 Å². The molecule has 0 spiro atoms. The molecule has 2 atom stereocenters. The summed E-state index contributed by atoms with van der Waals surface area (Å²) in [6.45, 7) is 0.103. The molecular formula is C43H36Cl4N2O8S4. The number of nitrogens with zero attached hydrogens (tertiary/aromatic N) is 2. The summed E-state index contributed by atoms with van der Waals surface area (Å²) in [4.78, 5) is 28.8. The molecule has 1 N–H and O–H groups in total. The average molecular weight is 979 g/mol. The van der Waals surface area contributed by atoms with Gasteiger partial charge in [0.25, 0.3) is 0 Å². The van der Waals surface area contributed by atoms with E-state index in [4.69, 9.17) is 51.2 Å². The molecule has 2 heterocycles. The van der Waals surface area contributed by atoms with Crippen LogP contribution >= 0.6 is 69.1 Å². The van der Waals surface area contributed by atoms with E-state index in [0.29, 0.717) is 43.8 Å². The Bertz CT molecular complexity index is 2860. The molecule has 61 heavy (non-hydrogen) atoms. The van der Waals surface area contributed by atoms with Crippen molar-refractivity contribution < 1.29 is 36.5 Å². The van der Waals surface area contributed by atoms with Crippen molar-refractivity contribution in [1.82, 2.24) is 10.1 Å². The van der Waals surface area contributed by atoms with Crippen LogP contribution in [0.15, 0.2) is 126 Å². The lowest BCUT2D eigenvalue weighted by Crippen LogP contribution is -2.33. The van der Waals surface area contributed by atoms with E-state index >= 15 is 0 Å². The maximum atomic E-state index is 13.2. The van der Waals surface area contributed by atoms with Crippen LogP contribution in [0.3, 0.4) is 0 Å². The Morgan fingerprint density at radius 2 is 1.07 bits per heavy atom. The smallest absolute Gasteiger partial charge is 0.233 e. The average Bonchev–Trinajstić information content (AvgIpc) is 3.91. The molecule has 0 saturated carbocycles. The number of hydroxylamine groups is 4. The minimum absolute atomic E-state index is 0.103. The number of carbonyl (C=O) groups excluding carboxylic acids is 2. The monoisotopic (exact) mass is 976 g/mol. The third-order valence-electron chi connectivity index (χ3n) is 9.35. The summed E-state index contributed by atoms with van der Waals surface area (Å²) in [5.41, 5.74) is 3.04. The quantitative estimate of drug-likeness (QED) is 0.0541. The topological polar surface area (TPSA) is 138 Å². The van der Waals surface area contributed by atoms with Crippen molar-refractivity contribution in [2.24, 2.45) is 0 Å². The van der Waals surface area contributed by atoms with Crippen molar-refractivity contribution in [2.45, 2.75) is 30.2 Å². The molecule has 318 valence electrons. The molecule has 0 fully saturated rings. The van der Waals surface area contributed by atoms with E-state index in [9.17, 15) is 31.6 Å². The van der Waals surface area contributed by atoms with Crippen molar-refractivity contribution in [2.75, 3.05) is 11.5 Å². The molecule has 2 aromatic heterocycles. The number of amides is 2. The Morgan fingerprint density at radius 3 is 1.54 bits per heavy atom. The van der Waals surface area contributed by atoms with Crippen molar-refractivity contribution in [3.8, 4) is 0 Å². The van der Waals surface area contributed by atoms with Gasteiger partial charge < -0.3 is 0 Å². The third kappa shape index (κ3) is 12.8. The lowest BCUT2D eigenvalue weighted by Gasteiger charge is -2.28. The number of rotatable bonds is 17. The number of hydrogen-bond donors (Lipinski definition) is 1. The van der Waals surface area contributed by atoms with Gasteiger partial charge in [0.1, 0.15) is 6.61 Å². The first-order valence-corrected chi connectivity index (χ1v) is 25.1. The molecule has 18 heteroatoms. The van der Waals surface area contributed by atoms with Crippen molar-refractivity contribution in [1.29, 1.82) is 0 Å². The highest BCUT2D eigenvalue weighted by Crippen LogP contribution is 2.32. The summed E-state index contributed by atoms with van der Waals surface area (Å²) >= 11 is 27.3. The minimum atomic E-state index is -3.65. The Hall–Kier alpha value is -4.06.